The molecule has 1 aromatic rings. The molecule has 1 heterocycles. The SMILES string of the molecule is Cc1ccc(O)c(C2=NC(C(=O)O)CC2)c1.Cl. The average molecular weight is 256 g/mol. The topological polar surface area (TPSA) is 69.9 Å². The van der Waals surface area contributed by atoms with Crippen LogP contribution in [0.4, 0.5) is 0 Å². The zero-order valence-corrected chi connectivity index (χ0v) is 10.2. The van der Waals surface area contributed by atoms with Crippen molar-refractivity contribution < 1.29 is 15.0 Å². The second-order valence-corrected chi connectivity index (χ2v) is 3.99. The molecule has 1 unspecified atom stereocenters. The minimum atomic E-state index is -0.901. The number of aliphatic carboxylic acids is 1. The molecule has 0 fully saturated rings. The molecule has 2 N–H and O–H groups in total. The monoisotopic (exact) mass is 255 g/mol. The third-order valence-electron chi connectivity index (χ3n) is 2.71. The first-order valence-corrected chi connectivity index (χ1v) is 5.17. The second kappa shape index (κ2) is 5.19. The first-order valence-electron chi connectivity index (χ1n) is 5.17. The summed E-state index contributed by atoms with van der Waals surface area (Å²) in [6.45, 7) is 1.92. The molecule has 4 nitrogen and oxygen atoms in total. The van der Waals surface area contributed by atoms with Crippen LogP contribution in [0.3, 0.4) is 0 Å². The molecule has 0 spiro atoms. The van der Waals surface area contributed by atoms with Crippen LogP contribution in [0.2, 0.25) is 0 Å². The minimum Gasteiger partial charge on any atom is -0.507 e. The Hall–Kier alpha value is -1.55. The van der Waals surface area contributed by atoms with Crippen LogP contribution in [0.5, 0.6) is 5.75 Å². The first kappa shape index (κ1) is 13.5. The number of benzene rings is 1. The Morgan fingerprint density at radius 1 is 1.47 bits per heavy atom. The second-order valence-electron chi connectivity index (χ2n) is 3.99. The van der Waals surface area contributed by atoms with Crippen LogP contribution in [-0.2, 0) is 4.79 Å². The summed E-state index contributed by atoms with van der Waals surface area (Å²) in [5.41, 5.74) is 2.37. The van der Waals surface area contributed by atoms with Gasteiger partial charge in [-0.25, -0.2) is 4.79 Å². The van der Waals surface area contributed by atoms with Crippen molar-refractivity contribution in [3.8, 4) is 5.75 Å². The predicted molar refractivity (Wildman–Crippen MR) is 67.3 cm³/mol. The van der Waals surface area contributed by atoms with Gasteiger partial charge in [0.15, 0.2) is 0 Å². The van der Waals surface area contributed by atoms with Crippen LogP contribution in [-0.4, -0.2) is 27.9 Å². The van der Waals surface area contributed by atoms with Gasteiger partial charge in [-0.3, -0.25) is 4.99 Å². The smallest absolute Gasteiger partial charge is 0.328 e. The van der Waals surface area contributed by atoms with Crippen molar-refractivity contribution in [1.82, 2.24) is 0 Å². The van der Waals surface area contributed by atoms with Crippen LogP contribution >= 0.6 is 12.4 Å². The molecule has 0 aliphatic carbocycles. The largest absolute Gasteiger partial charge is 0.507 e. The highest BCUT2D eigenvalue weighted by Crippen LogP contribution is 2.25. The highest BCUT2D eigenvalue weighted by molar-refractivity contribution is 6.05. The third-order valence-corrected chi connectivity index (χ3v) is 2.71. The van der Waals surface area contributed by atoms with E-state index in [0.29, 0.717) is 24.1 Å². The molecule has 0 radical (unpaired) electrons. The van der Waals surface area contributed by atoms with Crippen LogP contribution in [0, 0.1) is 6.92 Å². The number of carboxylic acids is 1. The Labute approximate surface area is 105 Å². The molecule has 1 aliphatic heterocycles. The zero-order valence-electron chi connectivity index (χ0n) is 9.38. The van der Waals surface area contributed by atoms with Gasteiger partial charge in [-0.05, 0) is 31.9 Å². The van der Waals surface area contributed by atoms with E-state index in [1.807, 2.05) is 19.1 Å². The standard InChI is InChI=1S/C12H13NO3.ClH/c1-7-2-5-11(14)8(6-7)9-3-4-10(13-9)12(15)16;/h2,5-6,10,14H,3-4H2,1H3,(H,15,16);1H. The maximum atomic E-state index is 10.8. The number of halogens is 1. The molecule has 0 bridgehead atoms. The summed E-state index contributed by atoms with van der Waals surface area (Å²) in [5, 5.41) is 18.5. The van der Waals surface area contributed by atoms with Gasteiger partial charge in [0.25, 0.3) is 0 Å². The van der Waals surface area contributed by atoms with Crippen LogP contribution in [0.15, 0.2) is 23.2 Å². The van der Waals surface area contributed by atoms with Crippen molar-refractivity contribution in [3.63, 3.8) is 0 Å². The van der Waals surface area contributed by atoms with E-state index in [1.165, 1.54) is 0 Å². The molecular formula is C12H14ClNO3. The molecule has 0 amide bonds. The van der Waals surface area contributed by atoms with Gasteiger partial charge in [0.1, 0.15) is 11.8 Å². The summed E-state index contributed by atoms with van der Waals surface area (Å²) in [6, 6.07) is 4.60. The number of hydrogen-bond donors (Lipinski definition) is 2. The lowest BCUT2D eigenvalue weighted by atomic mass is 10.0. The summed E-state index contributed by atoms with van der Waals surface area (Å²) in [4.78, 5) is 14.9. The number of carboxylic acid groups (broad SMARTS) is 1. The van der Waals surface area contributed by atoms with Gasteiger partial charge in [-0.1, -0.05) is 11.6 Å². The Balaban J connectivity index is 0.00000144. The highest BCUT2D eigenvalue weighted by Gasteiger charge is 2.25. The summed E-state index contributed by atoms with van der Waals surface area (Å²) in [7, 11) is 0. The number of nitrogens with zero attached hydrogens (tertiary/aromatic N) is 1. The number of phenolic OH excluding ortho intramolecular Hbond substituents is 1. The lowest BCUT2D eigenvalue weighted by molar-refractivity contribution is -0.138. The number of aromatic hydroxyl groups is 1. The highest BCUT2D eigenvalue weighted by atomic mass is 35.5. The number of phenols is 1. The van der Waals surface area contributed by atoms with E-state index in [0.717, 1.165) is 5.56 Å². The summed E-state index contributed by atoms with van der Waals surface area (Å²) >= 11 is 0. The zero-order chi connectivity index (χ0) is 11.7. The molecule has 17 heavy (non-hydrogen) atoms. The quantitative estimate of drug-likeness (QED) is 0.851. The molecule has 1 atom stereocenters. The van der Waals surface area contributed by atoms with Crippen LogP contribution in [0.1, 0.15) is 24.0 Å². The van der Waals surface area contributed by atoms with Crippen molar-refractivity contribution >= 4 is 24.1 Å². The number of rotatable bonds is 2. The molecule has 0 aromatic heterocycles. The predicted octanol–water partition coefficient (Wildman–Crippen LogP) is 2.16. The Bertz CT molecular complexity index is 471. The average Bonchev–Trinajstić information content (AvgIpc) is 2.70. The third kappa shape index (κ3) is 2.77. The summed E-state index contributed by atoms with van der Waals surface area (Å²) in [5.74, 6) is -0.738. The van der Waals surface area contributed by atoms with Gasteiger partial charge in [-0.2, -0.15) is 0 Å². The molecule has 92 valence electrons. The number of carbonyl (C=O) groups is 1. The Kier molecular flexibility index (Phi) is 4.12. The lowest BCUT2D eigenvalue weighted by Gasteiger charge is -2.04. The minimum absolute atomic E-state index is 0. The first-order chi connectivity index (χ1) is 7.58. The van der Waals surface area contributed by atoms with Crippen molar-refractivity contribution in [2.45, 2.75) is 25.8 Å². The van der Waals surface area contributed by atoms with Crippen LogP contribution in [0.25, 0.3) is 0 Å². The summed E-state index contributed by atoms with van der Waals surface area (Å²) < 4.78 is 0. The van der Waals surface area contributed by atoms with E-state index in [2.05, 4.69) is 4.99 Å². The van der Waals surface area contributed by atoms with Gasteiger partial charge in [0.2, 0.25) is 0 Å². The van der Waals surface area contributed by atoms with E-state index in [9.17, 15) is 9.90 Å². The van der Waals surface area contributed by atoms with Gasteiger partial charge in [0, 0.05) is 11.3 Å². The normalized spacial score (nSPS) is 18.4. The lowest BCUT2D eigenvalue weighted by Crippen LogP contribution is -2.13. The molecule has 1 aliphatic rings. The fourth-order valence-corrected chi connectivity index (χ4v) is 1.85. The fourth-order valence-electron chi connectivity index (χ4n) is 1.85. The molecule has 2 rings (SSSR count). The number of aryl methyl sites for hydroxylation is 1. The number of aliphatic imine (C=N–C) groups is 1. The van der Waals surface area contributed by atoms with E-state index in [-0.39, 0.29) is 18.2 Å². The molecule has 5 heteroatoms. The fraction of sp³-hybridized carbons (Fsp3) is 0.333. The van der Waals surface area contributed by atoms with Gasteiger partial charge >= 0.3 is 5.97 Å². The molecule has 0 saturated heterocycles. The maximum absolute atomic E-state index is 10.8. The Morgan fingerprint density at radius 2 is 2.18 bits per heavy atom. The van der Waals surface area contributed by atoms with Crippen molar-refractivity contribution in [3.05, 3.63) is 29.3 Å². The van der Waals surface area contributed by atoms with Crippen molar-refractivity contribution in [2.24, 2.45) is 4.99 Å². The van der Waals surface area contributed by atoms with E-state index in [4.69, 9.17) is 5.11 Å². The van der Waals surface area contributed by atoms with Crippen LogP contribution < -0.4 is 0 Å². The van der Waals surface area contributed by atoms with E-state index < -0.39 is 12.0 Å². The van der Waals surface area contributed by atoms with E-state index in [1.54, 1.807) is 6.07 Å². The van der Waals surface area contributed by atoms with Crippen molar-refractivity contribution in [1.29, 1.82) is 0 Å². The van der Waals surface area contributed by atoms with Gasteiger partial charge < -0.3 is 10.2 Å². The van der Waals surface area contributed by atoms with Gasteiger partial charge in [0.05, 0.1) is 0 Å². The van der Waals surface area contributed by atoms with Crippen molar-refractivity contribution in [2.75, 3.05) is 0 Å². The summed E-state index contributed by atoms with van der Waals surface area (Å²) in [6.07, 6.45) is 1.12. The maximum Gasteiger partial charge on any atom is 0.328 e. The van der Waals surface area contributed by atoms with E-state index >= 15 is 0 Å². The number of hydrogen-bond acceptors (Lipinski definition) is 3. The molecule has 1 aromatic carbocycles. The van der Waals surface area contributed by atoms with Gasteiger partial charge in [-0.15, -0.1) is 12.4 Å². The molecule has 0 saturated carbocycles. The Morgan fingerprint density at radius 3 is 2.76 bits per heavy atom. The molecular weight excluding hydrogens is 242 g/mol.